The number of likely N-dealkylation sites (tertiary alicyclic amines) is 1. The second-order valence-electron chi connectivity index (χ2n) is 10.6. The monoisotopic (exact) mass is 512 g/mol. The zero-order valence-corrected chi connectivity index (χ0v) is 20.5. The molecule has 2 N–H and O–H groups in total. The van der Waals surface area contributed by atoms with Gasteiger partial charge in [-0.25, -0.2) is 4.79 Å². The summed E-state index contributed by atoms with van der Waals surface area (Å²) in [5, 5.41) is 21.9. The zero-order chi connectivity index (χ0) is 26.2. The molecule has 3 fully saturated rings. The van der Waals surface area contributed by atoms with Gasteiger partial charge in [0.2, 0.25) is 0 Å². The maximum absolute atomic E-state index is 13.4. The Bertz CT molecular complexity index is 1200. The van der Waals surface area contributed by atoms with E-state index in [0.29, 0.717) is 37.5 Å². The lowest BCUT2D eigenvalue weighted by Gasteiger charge is -2.37. The Morgan fingerprint density at radius 1 is 1.22 bits per heavy atom. The fourth-order valence-electron chi connectivity index (χ4n) is 6.23. The van der Waals surface area contributed by atoms with E-state index in [1.807, 2.05) is 12.1 Å². The minimum atomic E-state index is -4.49. The van der Waals surface area contributed by atoms with Crippen molar-refractivity contribution >= 4 is 11.7 Å². The Labute approximate surface area is 214 Å². The van der Waals surface area contributed by atoms with Gasteiger partial charge in [0.1, 0.15) is 0 Å². The average molecular weight is 513 g/mol. The number of fused-ring (bicyclic) bond motifs is 1. The van der Waals surface area contributed by atoms with Crippen LogP contribution in [-0.2, 0) is 11.6 Å². The van der Waals surface area contributed by atoms with Crippen LogP contribution in [0.3, 0.4) is 0 Å². The highest BCUT2D eigenvalue weighted by atomic mass is 19.4. The van der Waals surface area contributed by atoms with Crippen molar-refractivity contribution in [3.8, 4) is 6.07 Å². The lowest BCUT2D eigenvalue weighted by Crippen LogP contribution is -2.48. The number of β-amino-alcohol motifs (C(OH)–C–C–N with tert-alkyl or cyclic N) is 1. The topological polar surface area (TPSA) is 79.6 Å². The number of amides is 2. The van der Waals surface area contributed by atoms with Crippen LogP contribution in [0.25, 0.3) is 0 Å². The summed E-state index contributed by atoms with van der Waals surface area (Å²) in [6.45, 7) is 2.36. The zero-order valence-electron chi connectivity index (χ0n) is 20.5. The Kier molecular flexibility index (Phi) is 6.90. The van der Waals surface area contributed by atoms with Crippen LogP contribution in [-0.4, -0.2) is 59.3 Å². The molecular weight excluding hydrogens is 481 g/mol. The molecule has 5 rings (SSSR count). The van der Waals surface area contributed by atoms with Crippen molar-refractivity contribution in [1.82, 2.24) is 9.80 Å². The number of benzene rings is 2. The third kappa shape index (κ3) is 5.46. The van der Waals surface area contributed by atoms with Gasteiger partial charge in [-0.05, 0) is 79.3 Å². The number of aliphatic hydroxyl groups excluding tert-OH is 1. The highest BCUT2D eigenvalue weighted by Crippen LogP contribution is 2.62. The van der Waals surface area contributed by atoms with E-state index in [1.54, 1.807) is 11.0 Å². The van der Waals surface area contributed by atoms with Crippen LogP contribution in [0.1, 0.15) is 48.8 Å². The van der Waals surface area contributed by atoms with Gasteiger partial charge in [0.05, 0.1) is 23.3 Å². The Balaban J connectivity index is 1.30. The highest BCUT2D eigenvalue weighted by Gasteiger charge is 2.58. The van der Waals surface area contributed by atoms with Crippen molar-refractivity contribution in [2.45, 2.75) is 55.8 Å². The number of nitrogens with zero attached hydrogens (tertiary/aromatic N) is 3. The Hall–Kier alpha value is -3.09. The van der Waals surface area contributed by atoms with Gasteiger partial charge in [0.25, 0.3) is 0 Å². The van der Waals surface area contributed by atoms with Crippen LogP contribution >= 0.6 is 0 Å². The van der Waals surface area contributed by atoms with Gasteiger partial charge in [-0.3, -0.25) is 4.90 Å². The maximum Gasteiger partial charge on any atom is 0.416 e. The molecule has 2 aromatic carbocycles. The van der Waals surface area contributed by atoms with Crippen molar-refractivity contribution in [3.63, 3.8) is 0 Å². The number of rotatable bonds is 6. The first-order valence-electron chi connectivity index (χ1n) is 12.8. The molecule has 0 spiro atoms. The van der Waals surface area contributed by atoms with Crippen LogP contribution < -0.4 is 5.32 Å². The summed E-state index contributed by atoms with van der Waals surface area (Å²) in [6.07, 6.45) is -0.642. The van der Waals surface area contributed by atoms with Crippen molar-refractivity contribution in [2.24, 2.45) is 5.92 Å². The first-order chi connectivity index (χ1) is 17.7. The fraction of sp³-hybridized carbons (Fsp3) is 0.500. The van der Waals surface area contributed by atoms with E-state index >= 15 is 0 Å². The van der Waals surface area contributed by atoms with Crippen LogP contribution in [0.5, 0.6) is 0 Å². The molecule has 2 saturated carbocycles. The molecule has 4 atom stereocenters. The summed E-state index contributed by atoms with van der Waals surface area (Å²) >= 11 is 0. The van der Waals surface area contributed by atoms with Gasteiger partial charge in [0, 0.05) is 37.9 Å². The number of hydrogen-bond acceptors (Lipinski definition) is 4. The molecule has 9 heteroatoms. The molecule has 2 amide bonds. The van der Waals surface area contributed by atoms with Gasteiger partial charge >= 0.3 is 12.2 Å². The van der Waals surface area contributed by atoms with Crippen molar-refractivity contribution < 1.29 is 23.1 Å². The number of carbonyl (C=O) groups is 1. The average Bonchev–Trinajstić information content (AvgIpc) is 3.48. The maximum atomic E-state index is 13.4. The number of carbonyl (C=O) groups excluding carboxylic acids is 1. The molecule has 2 aromatic rings. The Morgan fingerprint density at radius 3 is 2.73 bits per heavy atom. The van der Waals surface area contributed by atoms with Gasteiger partial charge < -0.3 is 15.3 Å². The van der Waals surface area contributed by atoms with Gasteiger partial charge in [-0.15, -0.1) is 0 Å². The molecule has 196 valence electrons. The van der Waals surface area contributed by atoms with Gasteiger partial charge in [-0.2, -0.15) is 18.4 Å². The van der Waals surface area contributed by atoms with Crippen LogP contribution in [0.4, 0.5) is 23.7 Å². The number of hydrogen-bond donors (Lipinski definition) is 2. The third-order valence-electron chi connectivity index (χ3n) is 8.33. The van der Waals surface area contributed by atoms with Crippen molar-refractivity contribution in [1.29, 1.82) is 5.26 Å². The smallest absolute Gasteiger partial charge is 0.392 e. The molecule has 2 aliphatic carbocycles. The summed E-state index contributed by atoms with van der Waals surface area (Å²) in [6, 6.07) is 14.3. The van der Waals surface area contributed by atoms with Crippen LogP contribution in [0.2, 0.25) is 0 Å². The molecule has 1 unspecified atom stereocenters. The summed E-state index contributed by atoms with van der Waals surface area (Å²) < 4.78 is 39.6. The SMILES string of the molecule is N#Cc1cccc([C@]23CC[C@@H](N(CCN4CC[C@@H](O)C4)C(=O)Nc4cccc(C(F)(F)F)c4)CC2C3)c1. The van der Waals surface area contributed by atoms with E-state index in [-0.39, 0.29) is 23.2 Å². The molecule has 0 radical (unpaired) electrons. The fourth-order valence-corrected chi connectivity index (χ4v) is 6.23. The molecule has 1 aliphatic heterocycles. The van der Waals surface area contributed by atoms with E-state index in [4.69, 9.17) is 0 Å². The molecule has 6 nitrogen and oxygen atoms in total. The summed E-state index contributed by atoms with van der Waals surface area (Å²) in [5.74, 6) is 0.401. The quantitative estimate of drug-likeness (QED) is 0.572. The first kappa shape index (κ1) is 25.6. The van der Waals surface area contributed by atoms with E-state index in [0.717, 1.165) is 44.4 Å². The lowest BCUT2D eigenvalue weighted by atomic mass is 9.80. The van der Waals surface area contributed by atoms with Crippen molar-refractivity contribution in [3.05, 3.63) is 65.2 Å². The second-order valence-corrected chi connectivity index (χ2v) is 10.6. The number of nitrogens with one attached hydrogen (secondary N) is 1. The summed E-state index contributed by atoms with van der Waals surface area (Å²) in [4.78, 5) is 17.3. The van der Waals surface area contributed by atoms with Crippen molar-refractivity contribution in [2.75, 3.05) is 31.5 Å². The number of nitriles is 1. The van der Waals surface area contributed by atoms with Gasteiger partial charge in [-0.1, -0.05) is 18.2 Å². The molecule has 0 bridgehead atoms. The normalized spacial score (nSPS) is 27.3. The summed E-state index contributed by atoms with van der Waals surface area (Å²) in [7, 11) is 0. The van der Waals surface area contributed by atoms with E-state index in [1.165, 1.54) is 17.7 Å². The number of urea groups is 1. The molecule has 3 aliphatic rings. The van der Waals surface area contributed by atoms with E-state index in [2.05, 4.69) is 22.4 Å². The minimum absolute atomic E-state index is 0.0295. The molecule has 1 saturated heterocycles. The minimum Gasteiger partial charge on any atom is -0.392 e. The van der Waals surface area contributed by atoms with Crippen LogP contribution in [0, 0.1) is 17.2 Å². The number of aliphatic hydroxyl groups is 1. The first-order valence-corrected chi connectivity index (χ1v) is 12.8. The highest BCUT2D eigenvalue weighted by molar-refractivity contribution is 5.89. The summed E-state index contributed by atoms with van der Waals surface area (Å²) in [5.41, 5.74) is 1.19. The molecule has 1 heterocycles. The molecule has 37 heavy (non-hydrogen) atoms. The van der Waals surface area contributed by atoms with Crippen LogP contribution in [0.15, 0.2) is 48.5 Å². The predicted octanol–water partition coefficient (Wildman–Crippen LogP) is 4.99. The largest absolute Gasteiger partial charge is 0.416 e. The number of alkyl halides is 3. The second kappa shape index (κ2) is 9.99. The molecule has 0 aromatic heterocycles. The number of halogens is 3. The number of anilines is 1. The third-order valence-corrected chi connectivity index (χ3v) is 8.33. The standard InChI is InChI=1S/C28H31F3N4O2/c29-28(30,31)21-5-2-6-23(14-21)33-26(37)35(12-11-34-10-8-25(36)18-34)24-7-9-27(16-22(27)15-24)20-4-1-3-19(13-20)17-32/h1-6,13-14,22,24-25,36H,7-12,15-16,18H2,(H,33,37)/t22?,24-,25-,27-/m1/s1. The van der Waals surface area contributed by atoms with E-state index in [9.17, 15) is 28.3 Å². The predicted molar refractivity (Wildman–Crippen MR) is 133 cm³/mol. The van der Waals surface area contributed by atoms with E-state index < -0.39 is 17.8 Å². The Morgan fingerprint density at radius 2 is 2.03 bits per heavy atom. The van der Waals surface area contributed by atoms with Gasteiger partial charge in [0.15, 0.2) is 0 Å². The molecular formula is C28H31F3N4O2. The lowest BCUT2D eigenvalue weighted by molar-refractivity contribution is -0.137.